The molecule has 0 bridgehead atoms. The van der Waals surface area contributed by atoms with Gasteiger partial charge in [-0.3, -0.25) is 9.59 Å². The standard InChI is InChI=1S/C23H29N3O2/c1-16-19(12-22(28)25-11-10-18(13-24)14-25)23-20(8-5-9-21(23)27)26(16)15-17-6-3-2-4-7-17/h2-4,6-7,18H,5,8-15,24H2,1H3. The van der Waals surface area contributed by atoms with Crippen LogP contribution in [-0.4, -0.2) is 40.8 Å². The number of carbonyl (C=O) groups excluding carboxylic acids is 2. The molecule has 1 amide bonds. The van der Waals surface area contributed by atoms with Crippen LogP contribution in [0.3, 0.4) is 0 Å². The fourth-order valence-corrected chi connectivity index (χ4v) is 4.70. The largest absolute Gasteiger partial charge is 0.343 e. The second kappa shape index (κ2) is 7.92. The Morgan fingerprint density at radius 3 is 2.71 bits per heavy atom. The molecule has 2 aromatic rings. The second-order valence-electron chi connectivity index (χ2n) is 8.14. The maximum atomic E-state index is 13.0. The van der Waals surface area contributed by atoms with E-state index in [0.717, 1.165) is 61.4 Å². The zero-order valence-electron chi connectivity index (χ0n) is 16.6. The highest BCUT2D eigenvalue weighted by Crippen LogP contribution is 2.31. The molecule has 28 heavy (non-hydrogen) atoms. The maximum absolute atomic E-state index is 13.0. The first-order valence-corrected chi connectivity index (χ1v) is 10.3. The minimum absolute atomic E-state index is 0.122. The predicted molar refractivity (Wildman–Crippen MR) is 109 cm³/mol. The van der Waals surface area contributed by atoms with Crippen LogP contribution in [0.1, 0.15) is 52.1 Å². The van der Waals surface area contributed by atoms with E-state index in [2.05, 4.69) is 23.6 Å². The first kappa shape index (κ1) is 18.9. The Bertz CT molecular complexity index is 885. The van der Waals surface area contributed by atoms with E-state index in [-0.39, 0.29) is 11.7 Å². The van der Waals surface area contributed by atoms with Gasteiger partial charge in [-0.2, -0.15) is 0 Å². The molecule has 1 aromatic carbocycles. The molecular formula is C23H29N3O2. The number of ketones is 1. The lowest BCUT2D eigenvalue weighted by molar-refractivity contribution is -0.129. The summed E-state index contributed by atoms with van der Waals surface area (Å²) < 4.78 is 2.26. The average molecular weight is 380 g/mol. The fourth-order valence-electron chi connectivity index (χ4n) is 4.70. The van der Waals surface area contributed by atoms with Crippen LogP contribution in [0, 0.1) is 12.8 Å². The molecule has 2 heterocycles. The van der Waals surface area contributed by atoms with Gasteiger partial charge >= 0.3 is 0 Å². The van der Waals surface area contributed by atoms with E-state index in [4.69, 9.17) is 5.73 Å². The number of rotatable bonds is 5. The summed E-state index contributed by atoms with van der Waals surface area (Å²) in [5.74, 6) is 0.723. The lowest BCUT2D eigenvalue weighted by Crippen LogP contribution is -2.31. The molecule has 0 saturated carbocycles. The Balaban J connectivity index is 1.65. The zero-order chi connectivity index (χ0) is 19.7. The molecule has 0 spiro atoms. The van der Waals surface area contributed by atoms with E-state index in [1.165, 1.54) is 5.56 Å². The number of aromatic nitrogens is 1. The summed E-state index contributed by atoms with van der Waals surface area (Å²) in [5.41, 5.74) is 10.9. The Kier molecular flexibility index (Phi) is 5.36. The van der Waals surface area contributed by atoms with Gasteiger partial charge in [-0.1, -0.05) is 30.3 Å². The summed E-state index contributed by atoms with van der Waals surface area (Å²) in [4.78, 5) is 27.6. The summed E-state index contributed by atoms with van der Waals surface area (Å²) in [6, 6.07) is 10.3. The monoisotopic (exact) mass is 379 g/mol. The van der Waals surface area contributed by atoms with Gasteiger partial charge in [0.1, 0.15) is 0 Å². The molecule has 0 radical (unpaired) electrons. The third-order valence-electron chi connectivity index (χ3n) is 6.34. The van der Waals surface area contributed by atoms with Crippen LogP contribution in [-0.2, 0) is 24.2 Å². The third-order valence-corrected chi connectivity index (χ3v) is 6.34. The average Bonchev–Trinajstić information content (AvgIpc) is 3.29. The lowest BCUT2D eigenvalue weighted by atomic mass is 9.92. The van der Waals surface area contributed by atoms with Crippen molar-refractivity contribution in [1.29, 1.82) is 0 Å². The molecule has 5 heteroatoms. The number of hydrogen-bond acceptors (Lipinski definition) is 3. The van der Waals surface area contributed by atoms with E-state index in [1.54, 1.807) is 0 Å². The number of nitrogens with two attached hydrogens (primary N) is 1. The lowest BCUT2D eigenvalue weighted by Gasteiger charge is -2.17. The van der Waals surface area contributed by atoms with E-state index < -0.39 is 0 Å². The van der Waals surface area contributed by atoms with Gasteiger partial charge in [-0.15, -0.1) is 0 Å². The summed E-state index contributed by atoms with van der Waals surface area (Å²) in [6.45, 7) is 4.96. The van der Waals surface area contributed by atoms with Crippen LogP contribution in [0.15, 0.2) is 30.3 Å². The molecule has 1 aliphatic heterocycles. The number of benzene rings is 1. The van der Waals surface area contributed by atoms with Crippen LogP contribution < -0.4 is 5.73 Å². The molecule has 4 rings (SSSR count). The van der Waals surface area contributed by atoms with Gasteiger partial charge in [0.05, 0.1) is 6.42 Å². The van der Waals surface area contributed by atoms with Gasteiger partial charge in [0.2, 0.25) is 5.91 Å². The smallest absolute Gasteiger partial charge is 0.227 e. The number of Topliss-reactive ketones (excluding diaryl/α,β-unsaturated/α-hetero) is 1. The molecule has 1 saturated heterocycles. The molecule has 2 N–H and O–H groups in total. The van der Waals surface area contributed by atoms with E-state index in [0.29, 0.717) is 25.3 Å². The number of amides is 1. The molecule has 2 aliphatic rings. The van der Waals surface area contributed by atoms with Crippen molar-refractivity contribution in [3.63, 3.8) is 0 Å². The number of fused-ring (bicyclic) bond motifs is 1. The highest BCUT2D eigenvalue weighted by molar-refractivity contribution is 6.01. The highest BCUT2D eigenvalue weighted by atomic mass is 16.2. The van der Waals surface area contributed by atoms with Crippen molar-refractivity contribution < 1.29 is 9.59 Å². The van der Waals surface area contributed by atoms with Crippen LogP contribution >= 0.6 is 0 Å². The van der Waals surface area contributed by atoms with Crippen molar-refractivity contribution in [3.05, 3.63) is 58.4 Å². The summed E-state index contributed by atoms with van der Waals surface area (Å²) in [7, 11) is 0. The predicted octanol–water partition coefficient (Wildman–Crippen LogP) is 2.71. The SMILES string of the molecule is Cc1c(CC(=O)N2CCC(CN)C2)c2c(n1Cc1ccccc1)CCCC2=O. The minimum atomic E-state index is 0.122. The van der Waals surface area contributed by atoms with Crippen molar-refractivity contribution in [3.8, 4) is 0 Å². The number of likely N-dealkylation sites (tertiary alicyclic amines) is 1. The molecule has 148 valence electrons. The normalized spacial score (nSPS) is 19.1. The van der Waals surface area contributed by atoms with Crippen LogP contribution in [0.25, 0.3) is 0 Å². The van der Waals surface area contributed by atoms with Crippen molar-refractivity contribution in [2.45, 2.75) is 45.6 Å². The Morgan fingerprint density at radius 1 is 1.21 bits per heavy atom. The van der Waals surface area contributed by atoms with Gasteiger partial charge in [0.25, 0.3) is 0 Å². The van der Waals surface area contributed by atoms with Crippen LogP contribution in [0.5, 0.6) is 0 Å². The zero-order valence-corrected chi connectivity index (χ0v) is 16.6. The van der Waals surface area contributed by atoms with Gasteiger partial charge in [-0.25, -0.2) is 0 Å². The van der Waals surface area contributed by atoms with Crippen LogP contribution in [0.2, 0.25) is 0 Å². The van der Waals surface area contributed by atoms with Crippen molar-refractivity contribution in [2.75, 3.05) is 19.6 Å². The number of nitrogens with zero attached hydrogens (tertiary/aromatic N) is 2. The first-order chi connectivity index (χ1) is 13.6. The molecule has 1 aromatic heterocycles. The molecule has 1 aliphatic carbocycles. The minimum Gasteiger partial charge on any atom is -0.343 e. The number of carbonyl (C=O) groups is 2. The van der Waals surface area contributed by atoms with E-state index in [9.17, 15) is 9.59 Å². The van der Waals surface area contributed by atoms with Crippen molar-refractivity contribution >= 4 is 11.7 Å². The summed E-state index contributed by atoms with van der Waals surface area (Å²) in [6.07, 6.45) is 3.68. The van der Waals surface area contributed by atoms with Crippen LogP contribution in [0.4, 0.5) is 0 Å². The third kappa shape index (κ3) is 3.51. The Labute approximate surface area is 166 Å². The highest BCUT2D eigenvalue weighted by Gasteiger charge is 2.31. The van der Waals surface area contributed by atoms with Gasteiger partial charge in [-0.05, 0) is 49.8 Å². The molecule has 1 fully saturated rings. The summed E-state index contributed by atoms with van der Waals surface area (Å²) >= 11 is 0. The molecular weight excluding hydrogens is 350 g/mol. The second-order valence-corrected chi connectivity index (χ2v) is 8.14. The van der Waals surface area contributed by atoms with Gasteiger partial charge in [0.15, 0.2) is 5.78 Å². The van der Waals surface area contributed by atoms with E-state index in [1.807, 2.05) is 23.1 Å². The first-order valence-electron chi connectivity index (χ1n) is 10.3. The van der Waals surface area contributed by atoms with Gasteiger partial charge < -0.3 is 15.2 Å². The number of hydrogen-bond donors (Lipinski definition) is 1. The Morgan fingerprint density at radius 2 is 2.00 bits per heavy atom. The topological polar surface area (TPSA) is 68.3 Å². The fraction of sp³-hybridized carbons (Fsp3) is 0.478. The van der Waals surface area contributed by atoms with Crippen molar-refractivity contribution in [2.24, 2.45) is 11.7 Å². The van der Waals surface area contributed by atoms with Gasteiger partial charge in [0, 0.05) is 43.0 Å². The Hall–Kier alpha value is -2.40. The summed E-state index contributed by atoms with van der Waals surface area (Å²) in [5, 5.41) is 0. The van der Waals surface area contributed by atoms with E-state index >= 15 is 0 Å². The van der Waals surface area contributed by atoms with Crippen molar-refractivity contribution in [1.82, 2.24) is 9.47 Å². The molecule has 5 nitrogen and oxygen atoms in total. The quantitative estimate of drug-likeness (QED) is 0.868. The molecule has 1 unspecified atom stereocenters. The maximum Gasteiger partial charge on any atom is 0.227 e. The molecule has 1 atom stereocenters.